The van der Waals surface area contributed by atoms with E-state index >= 15 is 0 Å². The van der Waals surface area contributed by atoms with Crippen molar-refractivity contribution in [3.63, 3.8) is 0 Å². The van der Waals surface area contributed by atoms with E-state index in [0.717, 1.165) is 34.6 Å². The number of sulfonamides is 1. The Hall–Kier alpha value is -5.14. The van der Waals surface area contributed by atoms with Gasteiger partial charge in [0.05, 0.1) is 15.3 Å². The fourth-order valence-electron chi connectivity index (χ4n) is 4.36. The molecule has 0 radical (unpaired) electrons. The summed E-state index contributed by atoms with van der Waals surface area (Å²) in [5.74, 6) is -0.175. The molecular formula is C33H26F3N3O5S2. The molecule has 0 atom stereocenters. The number of alkyl halides is 3. The molecule has 0 aliphatic rings. The minimum atomic E-state index is -4.46. The van der Waals surface area contributed by atoms with Gasteiger partial charge in [0.2, 0.25) is 0 Å². The van der Waals surface area contributed by atoms with Crippen molar-refractivity contribution in [3.8, 4) is 16.9 Å². The summed E-state index contributed by atoms with van der Waals surface area (Å²) in [7, 11) is -4.16. The number of halogens is 3. The molecule has 0 saturated carbocycles. The number of hydrogen-bond acceptors (Lipinski definition) is 6. The Morgan fingerprint density at radius 2 is 1.46 bits per heavy atom. The number of amides is 3. The Kier molecular flexibility index (Phi) is 9.44. The first-order valence-corrected chi connectivity index (χ1v) is 16.0. The molecule has 0 bridgehead atoms. The van der Waals surface area contributed by atoms with Crippen molar-refractivity contribution in [2.75, 3.05) is 10.6 Å². The minimum Gasteiger partial charge on any atom is -0.489 e. The summed E-state index contributed by atoms with van der Waals surface area (Å²) < 4.78 is 72.5. The number of urea groups is 1. The lowest BCUT2D eigenvalue weighted by Gasteiger charge is -2.13. The van der Waals surface area contributed by atoms with Crippen molar-refractivity contribution in [1.29, 1.82) is 0 Å². The summed E-state index contributed by atoms with van der Waals surface area (Å²) in [6.07, 6.45) is -4.46. The summed E-state index contributed by atoms with van der Waals surface area (Å²) in [6.45, 7) is 2.05. The van der Waals surface area contributed by atoms with Crippen LogP contribution in [-0.2, 0) is 22.8 Å². The molecule has 4 aromatic carbocycles. The number of thiophene rings is 1. The van der Waals surface area contributed by atoms with Crippen molar-refractivity contribution in [1.82, 2.24) is 4.72 Å². The van der Waals surface area contributed by atoms with E-state index < -0.39 is 33.7 Å². The zero-order chi connectivity index (χ0) is 32.9. The Morgan fingerprint density at radius 3 is 2.04 bits per heavy atom. The van der Waals surface area contributed by atoms with Gasteiger partial charge in [-0.3, -0.25) is 4.79 Å². The molecule has 0 fully saturated rings. The van der Waals surface area contributed by atoms with E-state index in [4.69, 9.17) is 4.74 Å². The van der Waals surface area contributed by atoms with Gasteiger partial charge in [-0.1, -0.05) is 48.0 Å². The first-order chi connectivity index (χ1) is 21.9. The number of nitrogens with one attached hydrogen (secondary N) is 3. The number of carbonyl (C=O) groups is 2. The summed E-state index contributed by atoms with van der Waals surface area (Å²) in [5, 5.41) is 6.77. The van der Waals surface area contributed by atoms with Crippen molar-refractivity contribution < 1.29 is 35.9 Å². The van der Waals surface area contributed by atoms with Crippen molar-refractivity contribution >= 4 is 44.7 Å². The molecule has 3 N–H and O–H groups in total. The highest BCUT2D eigenvalue weighted by atomic mass is 32.2. The van der Waals surface area contributed by atoms with Crippen LogP contribution < -0.4 is 20.1 Å². The molecule has 0 unspecified atom stereocenters. The summed E-state index contributed by atoms with van der Waals surface area (Å²) in [6, 6.07) is 25.3. The second kappa shape index (κ2) is 13.5. The van der Waals surface area contributed by atoms with E-state index in [0.29, 0.717) is 22.6 Å². The first kappa shape index (κ1) is 32.3. The Balaban J connectivity index is 1.18. The highest BCUT2D eigenvalue weighted by molar-refractivity contribution is 7.90. The van der Waals surface area contributed by atoms with Gasteiger partial charge in [-0.25, -0.2) is 17.9 Å². The van der Waals surface area contributed by atoms with Crippen LogP contribution in [0.15, 0.2) is 113 Å². The molecular weight excluding hydrogens is 640 g/mol. The van der Waals surface area contributed by atoms with E-state index in [2.05, 4.69) is 15.4 Å². The highest BCUT2D eigenvalue weighted by Gasteiger charge is 2.30. The highest BCUT2D eigenvalue weighted by Crippen LogP contribution is 2.31. The molecule has 0 aliphatic carbocycles. The zero-order valence-electron chi connectivity index (χ0n) is 24.1. The van der Waals surface area contributed by atoms with Crippen LogP contribution in [0.4, 0.5) is 29.3 Å². The standard InChI is InChI=1S/C33H26F3N3O5S2/c1-21-4-17-30(46(42,43)39-31(40)29-3-2-18-45-29)28(19-21)23-7-5-22(6-8-23)20-44-27-15-13-26(14-16-27)38-32(41)37-25-11-9-24(10-12-25)33(34,35)36/h2-19H,20H2,1H3,(H,39,40)(H2,37,38,41). The quantitative estimate of drug-likeness (QED) is 0.147. The molecule has 5 aromatic rings. The van der Waals surface area contributed by atoms with Crippen LogP contribution in [0, 0.1) is 6.92 Å². The summed E-state index contributed by atoms with van der Waals surface area (Å²) in [5.41, 5.74) is 2.58. The van der Waals surface area contributed by atoms with Crippen molar-refractivity contribution in [3.05, 3.63) is 130 Å². The largest absolute Gasteiger partial charge is 0.489 e. The van der Waals surface area contributed by atoms with Crippen molar-refractivity contribution in [2.24, 2.45) is 0 Å². The third-order valence-corrected chi connectivity index (χ3v) is 8.91. The third-order valence-electron chi connectivity index (χ3n) is 6.65. The van der Waals surface area contributed by atoms with Gasteiger partial charge in [-0.2, -0.15) is 13.2 Å². The fourth-order valence-corrected chi connectivity index (χ4v) is 6.22. The molecule has 236 valence electrons. The predicted octanol–water partition coefficient (Wildman–Crippen LogP) is 8.08. The fraction of sp³-hybridized carbons (Fsp3) is 0.0909. The van der Waals surface area contributed by atoms with Gasteiger partial charge in [-0.05, 0) is 84.1 Å². The van der Waals surface area contributed by atoms with Gasteiger partial charge in [-0.15, -0.1) is 11.3 Å². The number of hydrogen-bond donors (Lipinski definition) is 3. The monoisotopic (exact) mass is 665 g/mol. The maximum absolute atomic E-state index is 13.2. The van der Waals surface area contributed by atoms with Crippen LogP contribution in [0.5, 0.6) is 5.75 Å². The molecule has 5 rings (SSSR count). The normalized spacial score (nSPS) is 11.5. The molecule has 13 heteroatoms. The number of rotatable bonds is 9. The second-order valence-electron chi connectivity index (χ2n) is 10.1. The molecule has 0 spiro atoms. The molecule has 46 heavy (non-hydrogen) atoms. The molecule has 1 aromatic heterocycles. The molecule has 0 saturated heterocycles. The topological polar surface area (TPSA) is 114 Å². The lowest BCUT2D eigenvalue weighted by Crippen LogP contribution is -2.30. The zero-order valence-corrected chi connectivity index (χ0v) is 25.7. The average molecular weight is 666 g/mol. The summed E-state index contributed by atoms with van der Waals surface area (Å²) >= 11 is 1.14. The van der Waals surface area contributed by atoms with Crippen LogP contribution >= 0.6 is 11.3 Å². The van der Waals surface area contributed by atoms with Gasteiger partial charge in [0, 0.05) is 16.9 Å². The number of carbonyl (C=O) groups excluding carboxylic acids is 2. The van der Waals surface area contributed by atoms with Crippen LogP contribution in [0.3, 0.4) is 0 Å². The van der Waals surface area contributed by atoms with Gasteiger partial charge in [0.15, 0.2) is 0 Å². The lowest BCUT2D eigenvalue weighted by molar-refractivity contribution is -0.137. The Morgan fingerprint density at radius 1 is 0.826 bits per heavy atom. The van der Waals surface area contributed by atoms with Crippen LogP contribution in [0.2, 0.25) is 0 Å². The van der Waals surface area contributed by atoms with Gasteiger partial charge < -0.3 is 15.4 Å². The van der Waals surface area contributed by atoms with Crippen LogP contribution in [-0.4, -0.2) is 20.4 Å². The molecule has 0 aliphatic heterocycles. The van der Waals surface area contributed by atoms with Crippen LogP contribution in [0.25, 0.3) is 11.1 Å². The van der Waals surface area contributed by atoms with E-state index in [-0.39, 0.29) is 22.1 Å². The number of ether oxygens (including phenoxy) is 1. The maximum Gasteiger partial charge on any atom is 0.416 e. The molecule has 1 heterocycles. The average Bonchev–Trinajstić information content (AvgIpc) is 3.56. The Bertz CT molecular complexity index is 1940. The maximum atomic E-state index is 13.2. The van der Waals surface area contributed by atoms with E-state index in [1.807, 2.05) is 6.92 Å². The first-order valence-electron chi connectivity index (χ1n) is 13.7. The van der Waals surface area contributed by atoms with E-state index in [1.165, 1.54) is 18.2 Å². The van der Waals surface area contributed by atoms with E-state index in [1.54, 1.807) is 78.2 Å². The third kappa shape index (κ3) is 8.11. The number of anilines is 2. The predicted molar refractivity (Wildman–Crippen MR) is 170 cm³/mol. The SMILES string of the molecule is Cc1ccc(S(=O)(=O)NC(=O)c2cccs2)c(-c2ccc(COc3ccc(NC(=O)Nc4ccc(C(F)(F)F)cc4)cc3)cc2)c1. The smallest absolute Gasteiger partial charge is 0.416 e. The lowest BCUT2D eigenvalue weighted by atomic mass is 10.0. The van der Waals surface area contributed by atoms with Crippen LogP contribution in [0.1, 0.15) is 26.4 Å². The summed E-state index contributed by atoms with van der Waals surface area (Å²) in [4.78, 5) is 25.0. The van der Waals surface area contributed by atoms with Gasteiger partial charge >= 0.3 is 12.2 Å². The van der Waals surface area contributed by atoms with Gasteiger partial charge in [0.1, 0.15) is 12.4 Å². The molecule has 8 nitrogen and oxygen atoms in total. The van der Waals surface area contributed by atoms with Gasteiger partial charge in [0.25, 0.3) is 15.9 Å². The minimum absolute atomic E-state index is 0.0197. The number of aryl methyl sites for hydroxylation is 1. The second-order valence-corrected chi connectivity index (χ2v) is 12.7. The molecule has 3 amide bonds. The van der Waals surface area contributed by atoms with E-state index in [9.17, 15) is 31.2 Å². The number of benzene rings is 4. The Labute approximate surface area is 266 Å². The van der Waals surface area contributed by atoms with Crippen molar-refractivity contribution in [2.45, 2.75) is 24.6 Å².